The van der Waals surface area contributed by atoms with E-state index in [4.69, 9.17) is 0 Å². The Kier molecular flexibility index (Phi) is 4.89. The van der Waals surface area contributed by atoms with Gasteiger partial charge in [-0.05, 0) is 30.3 Å². The first-order valence-corrected chi connectivity index (χ1v) is 7.75. The van der Waals surface area contributed by atoms with E-state index in [2.05, 4.69) is 15.6 Å². The molecular formula is C17H12F4N4O2. The second-order valence-corrected chi connectivity index (χ2v) is 5.58. The van der Waals surface area contributed by atoms with Gasteiger partial charge < -0.3 is 5.32 Å². The van der Waals surface area contributed by atoms with E-state index in [9.17, 15) is 27.2 Å². The molecule has 0 aliphatic heterocycles. The monoisotopic (exact) mass is 380 g/mol. The van der Waals surface area contributed by atoms with Crippen molar-refractivity contribution in [2.75, 3.05) is 6.54 Å². The summed E-state index contributed by atoms with van der Waals surface area (Å²) in [6, 6.07) is 7.83. The molecule has 1 aromatic heterocycles. The quantitative estimate of drug-likeness (QED) is 0.705. The summed E-state index contributed by atoms with van der Waals surface area (Å²) in [5, 5.41) is 9.75. The molecule has 1 N–H and O–H groups in total. The van der Waals surface area contributed by atoms with Crippen LogP contribution in [-0.4, -0.2) is 27.4 Å². The van der Waals surface area contributed by atoms with Crippen LogP contribution in [0.1, 0.15) is 15.9 Å². The molecule has 0 bridgehead atoms. The minimum absolute atomic E-state index is 0.0127. The molecule has 2 aromatic carbocycles. The summed E-state index contributed by atoms with van der Waals surface area (Å²) in [5.74, 6) is -1.55. The molecular weight excluding hydrogens is 368 g/mol. The lowest BCUT2D eigenvalue weighted by Crippen LogP contribution is -2.33. The highest BCUT2D eigenvalue weighted by molar-refractivity contribution is 5.95. The molecule has 0 unspecified atom stereocenters. The summed E-state index contributed by atoms with van der Waals surface area (Å²) in [4.78, 5) is 24.3. The largest absolute Gasteiger partial charge is 0.417 e. The van der Waals surface area contributed by atoms with Crippen molar-refractivity contribution < 1.29 is 22.4 Å². The molecule has 0 spiro atoms. The van der Waals surface area contributed by atoms with Crippen molar-refractivity contribution in [1.29, 1.82) is 0 Å². The van der Waals surface area contributed by atoms with Gasteiger partial charge in [0.1, 0.15) is 11.3 Å². The van der Waals surface area contributed by atoms with Gasteiger partial charge in [0.2, 0.25) is 0 Å². The molecule has 10 heteroatoms. The third kappa shape index (κ3) is 3.94. The van der Waals surface area contributed by atoms with Crippen molar-refractivity contribution in [3.05, 3.63) is 69.8 Å². The van der Waals surface area contributed by atoms with E-state index in [0.717, 1.165) is 28.9 Å². The lowest BCUT2D eigenvalue weighted by molar-refractivity contribution is -0.137. The third-order valence-electron chi connectivity index (χ3n) is 3.77. The van der Waals surface area contributed by atoms with Crippen LogP contribution in [-0.2, 0) is 12.7 Å². The number of hydrogen-bond donors (Lipinski definition) is 1. The zero-order chi connectivity index (χ0) is 19.6. The molecule has 0 saturated carbocycles. The predicted octanol–water partition coefficient (Wildman–Crippen LogP) is 2.38. The van der Waals surface area contributed by atoms with Crippen molar-refractivity contribution >= 4 is 16.8 Å². The predicted molar refractivity (Wildman–Crippen MR) is 87.5 cm³/mol. The van der Waals surface area contributed by atoms with Gasteiger partial charge in [-0.15, -0.1) is 5.10 Å². The van der Waals surface area contributed by atoms with E-state index in [1.165, 1.54) is 18.2 Å². The average molecular weight is 380 g/mol. The van der Waals surface area contributed by atoms with E-state index < -0.39 is 34.6 Å². The highest BCUT2D eigenvalue weighted by Gasteiger charge is 2.34. The van der Waals surface area contributed by atoms with Crippen LogP contribution in [0.25, 0.3) is 10.9 Å². The number of amides is 1. The van der Waals surface area contributed by atoms with Gasteiger partial charge in [0, 0.05) is 6.54 Å². The highest BCUT2D eigenvalue weighted by atomic mass is 19.4. The van der Waals surface area contributed by atoms with Crippen LogP contribution in [0.2, 0.25) is 0 Å². The molecule has 0 aliphatic carbocycles. The molecule has 3 rings (SSSR count). The van der Waals surface area contributed by atoms with Crippen LogP contribution in [0.3, 0.4) is 0 Å². The number of fused-ring (bicyclic) bond motifs is 1. The maximum Gasteiger partial charge on any atom is 0.417 e. The smallest absolute Gasteiger partial charge is 0.350 e. The van der Waals surface area contributed by atoms with Gasteiger partial charge in [0.05, 0.1) is 23.1 Å². The number of halogens is 4. The second kappa shape index (κ2) is 7.14. The molecule has 0 radical (unpaired) electrons. The maximum atomic E-state index is 13.3. The van der Waals surface area contributed by atoms with E-state index in [1.54, 1.807) is 0 Å². The van der Waals surface area contributed by atoms with Gasteiger partial charge in [-0.3, -0.25) is 9.59 Å². The van der Waals surface area contributed by atoms with Gasteiger partial charge in [0.25, 0.3) is 11.5 Å². The topological polar surface area (TPSA) is 76.9 Å². The molecule has 27 heavy (non-hydrogen) atoms. The van der Waals surface area contributed by atoms with Crippen LogP contribution in [0.4, 0.5) is 17.6 Å². The minimum atomic E-state index is -4.67. The van der Waals surface area contributed by atoms with Crippen molar-refractivity contribution in [3.8, 4) is 0 Å². The van der Waals surface area contributed by atoms with Gasteiger partial charge in [-0.2, -0.15) is 13.2 Å². The van der Waals surface area contributed by atoms with Crippen LogP contribution in [0.5, 0.6) is 0 Å². The zero-order valence-corrected chi connectivity index (χ0v) is 13.6. The van der Waals surface area contributed by atoms with Crippen LogP contribution >= 0.6 is 0 Å². The molecule has 0 saturated heterocycles. The standard InChI is InChI=1S/C17H12F4N4O2/c18-10-5-6-14-12(9-10)16(27)25(24-23-14)8-7-22-15(26)11-3-1-2-4-13(11)17(19,20)21/h1-6,9H,7-8H2,(H,22,26). The van der Waals surface area contributed by atoms with Gasteiger partial charge >= 0.3 is 6.18 Å². The molecule has 1 amide bonds. The van der Waals surface area contributed by atoms with Gasteiger partial charge in [0.15, 0.2) is 0 Å². The number of alkyl halides is 3. The fourth-order valence-electron chi connectivity index (χ4n) is 2.49. The number of nitrogens with zero attached hydrogens (tertiary/aromatic N) is 3. The summed E-state index contributed by atoms with van der Waals surface area (Å²) < 4.78 is 53.0. The lowest BCUT2D eigenvalue weighted by atomic mass is 10.1. The maximum absolute atomic E-state index is 13.3. The highest BCUT2D eigenvalue weighted by Crippen LogP contribution is 2.31. The zero-order valence-electron chi connectivity index (χ0n) is 13.6. The van der Waals surface area contributed by atoms with Crippen molar-refractivity contribution in [3.63, 3.8) is 0 Å². The molecule has 0 aliphatic rings. The Morgan fingerprint density at radius 2 is 1.89 bits per heavy atom. The molecule has 0 fully saturated rings. The Morgan fingerprint density at radius 3 is 2.63 bits per heavy atom. The average Bonchev–Trinajstić information content (AvgIpc) is 2.63. The van der Waals surface area contributed by atoms with E-state index in [0.29, 0.717) is 0 Å². The molecule has 3 aromatic rings. The number of benzene rings is 2. The number of rotatable bonds is 4. The number of carbonyl (C=O) groups excluding carboxylic acids is 1. The van der Waals surface area contributed by atoms with Gasteiger partial charge in [-0.1, -0.05) is 17.3 Å². The minimum Gasteiger partial charge on any atom is -0.350 e. The fourth-order valence-corrected chi connectivity index (χ4v) is 2.49. The van der Waals surface area contributed by atoms with E-state index in [-0.39, 0.29) is 24.0 Å². The first-order chi connectivity index (χ1) is 12.8. The first-order valence-electron chi connectivity index (χ1n) is 7.75. The summed E-state index contributed by atoms with van der Waals surface area (Å²) in [5.41, 5.74) is -1.99. The number of aromatic nitrogens is 3. The fraction of sp³-hybridized carbons (Fsp3) is 0.176. The Labute approximate surface area is 149 Å². The molecule has 0 atom stereocenters. The van der Waals surface area contributed by atoms with Crippen LogP contribution < -0.4 is 10.9 Å². The Morgan fingerprint density at radius 1 is 1.15 bits per heavy atom. The normalized spacial score (nSPS) is 11.6. The number of hydrogen-bond acceptors (Lipinski definition) is 4. The molecule has 140 valence electrons. The summed E-state index contributed by atoms with van der Waals surface area (Å²) in [7, 11) is 0. The second-order valence-electron chi connectivity index (χ2n) is 5.58. The van der Waals surface area contributed by atoms with Crippen LogP contribution in [0.15, 0.2) is 47.3 Å². The first kappa shape index (κ1) is 18.5. The van der Waals surface area contributed by atoms with Gasteiger partial charge in [-0.25, -0.2) is 9.07 Å². The Bertz CT molecular complexity index is 1060. The molecule has 1 heterocycles. The SMILES string of the molecule is O=C(NCCn1nnc2ccc(F)cc2c1=O)c1ccccc1C(F)(F)F. The van der Waals surface area contributed by atoms with Crippen molar-refractivity contribution in [2.45, 2.75) is 12.7 Å². The Balaban J connectivity index is 1.74. The lowest BCUT2D eigenvalue weighted by Gasteiger charge is -2.12. The van der Waals surface area contributed by atoms with E-state index >= 15 is 0 Å². The molecule has 6 nitrogen and oxygen atoms in total. The van der Waals surface area contributed by atoms with E-state index in [1.807, 2.05) is 0 Å². The Hall–Kier alpha value is -3.30. The number of carbonyl (C=O) groups is 1. The van der Waals surface area contributed by atoms with Crippen molar-refractivity contribution in [2.24, 2.45) is 0 Å². The summed E-state index contributed by atoms with van der Waals surface area (Å²) in [6.07, 6.45) is -4.67. The van der Waals surface area contributed by atoms with Crippen LogP contribution in [0, 0.1) is 5.82 Å². The summed E-state index contributed by atoms with van der Waals surface area (Å²) >= 11 is 0. The van der Waals surface area contributed by atoms with Crippen molar-refractivity contribution in [1.82, 2.24) is 20.3 Å². The summed E-state index contributed by atoms with van der Waals surface area (Å²) in [6.45, 7) is -0.307. The third-order valence-corrected chi connectivity index (χ3v) is 3.77. The number of nitrogens with one attached hydrogen (secondary N) is 1.